The second kappa shape index (κ2) is 4.34. The third kappa shape index (κ3) is 1.13. The van der Waals surface area contributed by atoms with Crippen LogP contribution in [0.4, 0.5) is 0 Å². The van der Waals surface area contributed by atoms with Gasteiger partial charge in [0.15, 0.2) is 11.4 Å². The van der Waals surface area contributed by atoms with E-state index in [0.717, 1.165) is 0 Å². The van der Waals surface area contributed by atoms with E-state index in [4.69, 9.17) is 4.74 Å². The standard InChI is InChI=1S/C20H32O8/c1-9(2)17(25)12(22)18(26)13(4)8-16(24)14(17,5)20(18,27)19(28-16)11(21)10(3)6-7-15(13,19)23/h9-12,21-27H,6-8H2,1-5H3. The van der Waals surface area contributed by atoms with E-state index in [1.165, 1.54) is 13.8 Å². The average Bonchev–Trinajstić information content (AvgIpc) is 2.84. The van der Waals surface area contributed by atoms with E-state index in [-0.39, 0.29) is 12.8 Å². The maximum absolute atomic E-state index is 12.3. The quantitative estimate of drug-likeness (QED) is 0.285. The summed E-state index contributed by atoms with van der Waals surface area (Å²) in [5.74, 6) is -3.24. The van der Waals surface area contributed by atoms with Crippen molar-refractivity contribution in [2.24, 2.45) is 22.7 Å². The second-order valence-electron chi connectivity index (χ2n) is 10.9. The predicted octanol–water partition coefficient (Wildman–Crippen LogP) is -1.38. The molecule has 6 fully saturated rings. The van der Waals surface area contributed by atoms with Crippen LogP contribution in [0.5, 0.6) is 0 Å². The van der Waals surface area contributed by atoms with Crippen LogP contribution in [0.2, 0.25) is 0 Å². The first-order chi connectivity index (χ1) is 12.6. The van der Waals surface area contributed by atoms with Crippen molar-refractivity contribution in [3.8, 4) is 0 Å². The Bertz CT molecular complexity index is 790. The zero-order valence-corrected chi connectivity index (χ0v) is 17.0. The Hall–Kier alpha value is -0.320. The fraction of sp³-hybridized carbons (Fsp3) is 1.00. The van der Waals surface area contributed by atoms with Crippen LogP contribution in [0.25, 0.3) is 0 Å². The van der Waals surface area contributed by atoms with Crippen molar-refractivity contribution >= 4 is 0 Å². The summed E-state index contributed by atoms with van der Waals surface area (Å²) in [6.45, 7) is 7.90. The zero-order valence-electron chi connectivity index (χ0n) is 17.0. The van der Waals surface area contributed by atoms with Gasteiger partial charge in [-0.3, -0.25) is 0 Å². The van der Waals surface area contributed by atoms with Crippen molar-refractivity contribution < 1.29 is 40.5 Å². The lowest BCUT2D eigenvalue weighted by Gasteiger charge is -2.60. The summed E-state index contributed by atoms with van der Waals surface area (Å²) >= 11 is 0. The van der Waals surface area contributed by atoms with Crippen molar-refractivity contribution in [1.82, 2.24) is 0 Å². The van der Waals surface area contributed by atoms with Crippen molar-refractivity contribution in [2.75, 3.05) is 0 Å². The molecule has 2 heterocycles. The zero-order chi connectivity index (χ0) is 21.1. The van der Waals surface area contributed by atoms with Crippen molar-refractivity contribution in [1.29, 1.82) is 0 Å². The molecule has 0 amide bonds. The topological polar surface area (TPSA) is 151 Å². The largest absolute Gasteiger partial charge is 0.390 e. The predicted molar refractivity (Wildman–Crippen MR) is 94.6 cm³/mol. The average molecular weight is 400 g/mol. The Morgan fingerprint density at radius 2 is 1.57 bits per heavy atom. The van der Waals surface area contributed by atoms with Gasteiger partial charge in [-0.05, 0) is 31.6 Å². The molecule has 2 saturated heterocycles. The van der Waals surface area contributed by atoms with Gasteiger partial charge in [0.05, 0.1) is 11.5 Å². The van der Waals surface area contributed by atoms with Gasteiger partial charge >= 0.3 is 0 Å². The number of aliphatic hydroxyl groups is 7. The summed E-state index contributed by atoms with van der Waals surface area (Å²) in [6.07, 6.45) is -3.04. The van der Waals surface area contributed by atoms with Crippen LogP contribution in [0.15, 0.2) is 0 Å². The lowest BCUT2D eigenvalue weighted by Crippen LogP contribution is -2.75. The maximum atomic E-state index is 12.3. The molecule has 160 valence electrons. The molecule has 6 rings (SSSR count). The number of aliphatic hydroxyl groups excluding tert-OH is 2. The van der Waals surface area contributed by atoms with Gasteiger partial charge in [-0.2, -0.15) is 0 Å². The molecule has 4 saturated carbocycles. The van der Waals surface area contributed by atoms with Crippen molar-refractivity contribution in [2.45, 2.75) is 99.9 Å². The van der Waals surface area contributed by atoms with Crippen LogP contribution in [0, 0.1) is 22.7 Å². The fourth-order valence-electron chi connectivity index (χ4n) is 8.80. The monoisotopic (exact) mass is 400 g/mol. The lowest BCUT2D eigenvalue weighted by molar-refractivity contribution is -0.390. The summed E-state index contributed by atoms with van der Waals surface area (Å²) in [5.41, 5.74) is -14.7. The lowest BCUT2D eigenvalue weighted by atomic mass is 9.52. The fourth-order valence-corrected chi connectivity index (χ4v) is 8.80. The Labute approximate surface area is 163 Å². The highest BCUT2D eigenvalue weighted by Crippen LogP contribution is 2.90. The molecule has 1 spiro atoms. The van der Waals surface area contributed by atoms with Crippen LogP contribution >= 0.6 is 0 Å². The molecule has 2 aliphatic heterocycles. The number of rotatable bonds is 1. The van der Waals surface area contributed by atoms with Crippen LogP contribution in [-0.4, -0.2) is 81.7 Å². The second-order valence-corrected chi connectivity index (χ2v) is 10.9. The molecule has 0 radical (unpaired) electrons. The summed E-state index contributed by atoms with van der Waals surface area (Å²) < 4.78 is 6.05. The van der Waals surface area contributed by atoms with Crippen molar-refractivity contribution in [3.05, 3.63) is 0 Å². The number of hydrogen-bond donors (Lipinski definition) is 7. The van der Waals surface area contributed by atoms with E-state index in [2.05, 4.69) is 0 Å². The maximum Gasteiger partial charge on any atom is 0.178 e. The van der Waals surface area contributed by atoms with Crippen molar-refractivity contribution in [3.63, 3.8) is 0 Å². The molecule has 0 aromatic heterocycles. The molecule has 0 aromatic rings. The van der Waals surface area contributed by atoms with E-state index in [1.807, 2.05) is 0 Å². The van der Waals surface area contributed by atoms with Crippen LogP contribution in [0.3, 0.4) is 0 Å². The molecule has 7 N–H and O–H groups in total. The summed E-state index contributed by atoms with van der Waals surface area (Å²) in [7, 11) is 0. The molecule has 4 aliphatic carbocycles. The summed E-state index contributed by atoms with van der Waals surface area (Å²) in [5, 5.41) is 82.3. The molecular weight excluding hydrogens is 368 g/mol. The first-order valence-electron chi connectivity index (χ1n) is 10.2. The van der Waals surface area contributed by atoms with E-state index < -0.39 is 68.7 Å². The van der Waals surface area contributed by atoms with Gasteiger partial charge in [0, 0.05) is 11.8 Å². The van der Waals surface area contributed by atoms with Gasteiger partial charge < -0.3 is 40.5 Å². The Morgan fingerprint density at radius 3 is 2.11 bits per heavy atom. The molecule has 6 bridgehead atoms. The van der Waals surface area contributed by atoms with Gasteiger partial charge in [0.2, 0.25) is 0 Å². The Morgan fingerprint density at radius 1 is 1.00 bits per heavy atom. The Balaban J connectivity index is 1.97. The SMILES string of the molecule is CC1CCC2(O)C3(C)CC4(O)OC2(C1O)C1(O)C3(O)C(O)C(O)(C(C)C)C41C. The molecule has 28 heavy (non-hydrogen) atoms. The van der Waals surface area contributed by atoms with E-state index >= 15 is 0 Å². The van der Waals surface area contributed by atoms with Gasteiger partial charge in [-0.15, -0.1) is 0 Å². The highest BCUT2D eigenvalue weighted by Gasteiger charge is 3.09. The smallest absolute Gasteiger partial charge is 0.178 e. The first kappa shape index (κ1) is 19.6. The molecule has 6 aliphatic rings. The van der Waals surface area contributed by atoms with Crippen LogP contribution in [-0.2, 0) is 4.74 Å². The van der Waals surface area contributed by atoms with Gasteiger partial charge in [-0.25, -0.2) is 0 Å². The normalized spacial score (nSPS) is 72.1. The van der Waals surface area contributed by atoms with E-state index in [9.17, 15) is 35.7 Å². The summed E-state index contributed by atoms with van der Waals surface area (Å²) in [4.78, 5) is 0. The van der Waals surface area contributed by atoms with E-state index in [1.54, 1.807) is 20.8 Å². The Kier molecular flexibility index (Phi) is 3.04. The first-order valence-corrected chi connectivity index (χ1v) is 10.2. The molecule has 8 nitrogen and oxygen atoms in total. The minimum Gasteiger partial charge on any atom is -0.390 e. The molecule has 11 atom stereocenters. The molecule has 0 aromatic carbocycles. The van der Waals surface area contributed by atoms with Crippen LogP contribution in [0.1, 0.15) is 53.9 Å². The number of hydrogen-bond acceptors (Lipinski definition) is 8. The highest BCUT2D eigenvalue weighted by molar-refractivity contribution is 5.56. The molecular formula is C20H32O8. The van der Waals surface area contributed by atoms with E-state index in [0.29, 0.717) is 6.42 Å². The number of ether oxygens (including phenoxy) is 1. The minimum atomic E-state index is -2.49. The van der Waals surface area contributed by atoms with Gasteiger partial charge in [-0.1, -0.05) is 27.7 Å². The third-order valence-corrected chi connectivity index (χ3v) is 10.3. The third-order valence-electron chi connectivity index (χ3n) is 10.3. The molecule has 8 heteroatoms. The van der Waals surface area contributed by atoms with Gasteiger partial charge in [0.25, 0.3) is 0 Å². The van der Waals surface area contributed by atoms with Gasteiger partial charge in [0.1, 0.15) is 28.5 Å². The summed E-state index contributed by atoms with van der Waals surface area (Å²) in [6, 6.07) is 0. The van der Waals surface area contributed by atoms with Crippen LogP contribution < -0.4 is 0 Å². The molecule has 11 unspecified atom stereocenters. The minimum absolute atomic E-state index is 0.116. The highest BCUT2D eigenvalue weighted by atomic mass is 16.7.